The van der Waals surface area contributed by atoms with Gasteiger partial charge in [0.2, 0.25) is 5.91 Å². The van der Waals surface area contributed by atoms with Gasteiger partial charge in [0.1, 0.15) is 11.8 Å². The number of ether oxygens (including phenoxy) is 1. The standard InChI is InChI=1S/C19H20ClN3O2/c1-13(19(24)22-17-7-5-4-6-14(17)11-21)23(2)12-15-10-16(20)8-9-18(15)25-3/h4-10,13H,12H2,1-3H3,(H,22,24)/t13-/m1/s1. The second kappa shape index (κ2) is 8.52. The molecular formula is C19H20ClN3O2. The summed E-state index contributed by atoms with van der Waals surface area (Å²) in [6.07, 6.45) is 0. The zero-order valence-corrected chi connectivity index (χ0v) is 15.2. The minimum absolute atomic E-state index is 0.189. The Kier molecular flexibility index (Phi) is 6.40. The first-order valence-corrected chi connectivity index (χ1v) is 8.16. The van der Waals surface area contributed by atoms with Crippen LogP contribution >= 0.6 is 11.6 Å². The van der Waals surface area contributed by atoms with Gasteiger partial charge in [-0.05, 0) is 44.3 Å². The Bertz CT molecular complexity index is 801. The molecule has 0 fully saturated rings. The molecule has 0 unspecified atom stereocenters. The van der Waals surface area contributed by atoms with E-state index < -0.39 is 6.04 Å². The highest BCUT2D eigenvalue weighted by Gasteiger charge is 2.20. The molecule has 25 heavy (non-hydrogen) atoms. The number of carbonyl (C=O) groups excluding carboxylic acids is 1. The van der Waals surface area contributed by atoms with E-state index in [-0.39, 0.29) is 5.91 Å². The van der Waals surface area contributed by atoms with Crippen molar-refractivity contribution in [3.63, 3.8) is 0 Å². The van der Waals surface area contributed by atoms with Crippen molar-refractivity contribution in [3.8, 4) is 11.8 Å². The van der Waals surface area contributed by atoms with Crippen molar-refractivity contribution >= 4 is 23.2 Å². The number of nitriles is 1. The Morgan fingerprint density at radius 1 is 1.36 bits per heavy atom. The summed E-state index contributed by atoms with van der Waals surface area (Å²) < 4.78 is 5.35. The number of amides is 1. The van der Waals surface area contributed by atoms with Crippen LogP contribution in [0.5, 0.6) is 5.75 Å². The van der Waals surface area contributed by atoms with Crippen LogP contribution in [-0.2, 0) is 11.3 Å². The lowest BCUT2D eigenvalue weighted by Crippen LogP contribution is -2.39. The zero-order chi connectivity index (χ0) is 18.4. The van der Waals surface area contributed by atoms with E-state index in [9.17, 15) is 4.79 Å². The SMILES string of the molecule is COc1ccc(Cl)cc1CN(C)[C@H](C)C(=O)Nc1ccccc1C#N. The fraction of sp³-hybridized carbons (Fsp3) is 0.263. The molecule has 0 aliphatic rings. The van der Waals surface area contributed by atoms with Crippen molar-refractivity contribution in [3.05, 3.63) is 58.6 Å². The highest BCUT2D eigenvalue weighted by Crippen LogP contribution is 2.24. The molecule has 0 bridgehead atoms. The molecule has 0 saturated heterocycles. The van der Waals surface area contributed by atoms with Crippen LogP contribution in [0, 0.1) is 11.3 Å². The van der Waals surface area contributed by atoms with Gasteiger partial charge in [0.15, 0.2) is 0 Å². The number of hydrogen-bond donors (Lipinski definition) is 1. The molecule has 0 saturated carbocycles. The molecule has 0 spiro atoms. The fourth-order valence-electron chi connectivity index (χ4n) is 2.40. The number of para-hydroxylation sites is 1. The topological polar surface area (TPSA) is 65.4 Å². The van der Waals surface area contributed by atoms with E-state index in [1.54, 1.807) is 50.4 Å². The van der Waals surface area contributed by atoms with E-state index in [4.69, 9.17) is 21.6 Å². The molecule has 2 aromatic carbocycles. The molecule has 2 rings (SSSR count). The first kappa shape index (κ1) is 18.8. The van der Waals surface area contributed by atoms with Crippen molar-refractivity contribution in [1.29, 1.82) is 5.26 Å². The number of halogens is 1. The maximum Gasteiger partial charge on any atom is 0.241 e. The van der Waals surface area contributed by atoms with Gasteiger partial charge in [0.05, 0.1) is 24.4 Å². The Morgan fingerprint density at radius 3 is 2.76 bits per heavy atom. The average molecular weight is 358 g/mol. The van der Waals surface area contributed by atoms with Crippen LogP contribution in [0.3, 0.4) is 0 Å². The molecule has 5 nitrogen and oxygen atoms in total. The Hall–Kier alpha value is -2.55. The van der Waals surface area contributed by atoms with Gasteiger partial charge >= 0.3 is 0 Å². The summed E-state index contributed by atoms with van der Waals surface area (Å²) in [5.74, 6) is 0.532. The minimum atomic E-state index is -0.407. The van der Waals surface area contributed by atoms with Crippen LogP contribution in [0.1, 0.15) is 18.1 Å². The number of benzene rings is 2. The molecule has 1 N–H and O–H groups in total. The molecule has 1 atom stereocenters. The largest absolute Gasteiger partial charge is 0.496 e. The van der Waals surface area contributed by atoms with Crippen molar-refractivity contribution in [1.82, 2.24) is 4.90 Å². The average Bonchev–Trinajstić information content (AvgIpc) is 2.61. The summed E-state index contributed by atoms with van der Waals surface area (Å²) in [5, 5.41) is 12.5. The van der Waals surface area contributed by atoms with Crippen LogP contribution in [0.2, 0.25) is 5.02 Å². The molecule has 1 amide bonds. The van der Waals surface area contributed by atoms with E-state index in [2.05, 4.69) is 11.4 Å². The third-order valence-corrected chi connectivity index (χ3v) is 4.24. The summed E-state index contributed by atoms with van der Waals surface area (Å²) in [4.78, 5) is 14.4. The summed E-state index contributed by atoms with van der Waals surface area (Å²) in [7, 11) is 3.45. The third kappa shape index (κ3) is 4.72. The lowest BCUT2D eigenvalue weighted by molar-refractivity contribution is -0.120. The normalized spacial score (nSPS) is 11.7. The number of anilines is 1. The fourth-order valence-corrected chi connectivity index (χ4v) is 2.60. The number of hydrogen-bond acceptors (Lipinski definition) is 4. The number of carbonyl (C=O) groups is 1. The van der Waals surface area contributed by atoms with Crippen LogP contribution in [-0.4, -0.2) is 31.0 Å². The van der Waals surface area contributed by atoms with Crippen molar-refractivity contribution in [2.24, 2.45) is 0 Å². The van der Waals surface area contributed by atoms with Crippen LogP contribution in [0.15, 0.2) is 42.5 Å². The summed E-state index contributed by atoms with van der Waals surface area (Å²) in [5.41, 5.74) is 1.84. The summed E-state index contributed by atoms with van der Waals surface area (Å²) >= 11 is 6.06. The van der Waals surface area contributed by atoms with E-state index >= 15 is 0 Å². The number of rotatable bonds is 6. The second-order valence-corrected chi connectivity index (χ2v) is 6.13. The molecule has 130 valence electrons. The first-order chi connectivity index (χ1) is 12.0. The van der Waals surface area contributed by atoms with Crippen molar-refractivity contribution in [2.45, 2.75) is 19.5 Å². The maximum absolute atomic E-state index is 12.5. The van der Waals surface area contributed by atoms with Gasteiger partial charge in [0, 0.05) is 17.1 Å². The highest BCUT2D eigenvalue weighted by atomic mass is 35.5. The predicted octanol–water partition coefficient (Wildman–Crippen LogP) is 3.68. The van der Waals surface area contributed by atoms with Gasteiger partial charge in [-0.15, -0.1) is 0 Å². The zero-order valence-electron chi connectivity index (χ0n) is 14.4. The molecular weight excluding hydrogens is 338 g/mol. The van der Waals surface area contributed by atoms with Gasteiger partial charge in [-0.1, -0.05) is 23.7 Å². The Balaban J connectivity index is 2.09. The van der Waals surface area contributed by atoms with Crippen molar-refractivity contribution in [2.75, 3.05) is 19.5 Å². The summed E-state index contributed by atoms with van der Waals surface area (Å²) in [6, 6.07) is 14.0. The monoisotopic (exact) mass is 357 g/mol. The molecule has 0 aliphatic carbocycles. The Morgan fingerprint density at radius 2 is 2.08 bits per heavy atom. The van der Waals surface area contributed by atoms with E-state index in [1.165, 1.54) is 0 Å². The maximum atomic E-state index is 12.5. The second-order valence-electron chi connectivity index (χ2n) is 5.69. The number of methoxy groups -OCH3 is 1. The van der Waals surface area contributed by atoms with E-state index in [1.807, 2.05) is 18.0 Å². The lowest BCUT2D eigenvalue weighted by Gasteiger charge is -2.25. The molecule has 0 aromatic heterocycles. The lowest BCUT2D eigenvalue weighted by atomic mass is 10.1. The van der Waals surface area contributed by atoms with Gasteiger partial charge in [-0.2, -0.15) is 5.26 Å². The van der Waals surface area contributed by atoms with Gasteiger partial charge in [-0.3, -0.25) is 9.69 Å². The minimum Gasteiger partial charge on any atom is -0.496 e. The van der Waals surface area contributed by atoms with Crippen LogP contribution in [0.4, 0.5) is 5.69 Å². The number of likely N-dealkylation sites (N-methyl/N-ethyl adjacent to an activating group) is 1. The molecule has 0 aliphatic heterocycles. The summed E-state index contributed by atoms with van der Waals surface area (Å²) in [6.45, 7) is 2.31. The Labute approximate surface area is 152 Å². The number of nitrogens with one attached hydrogen (secondary N) is 1. The van der Waals surface area contributed by atoms with Gasteiger partial charge < -0.3 is 10.1 Å². The van der Waals surface area contributed by atoms with Crippen molar-refractivity contribution < 1.29 is 9.53 Å². The molecule has 6 heteroatoms. The predicted molar refractivity (Wildman–Crippen MR) is 98.7 cm³/mol. The van der Waals surface area contributed by atoms with E-state index in [0.29, 0.717) is 22.8 Å². The van der Waals surface area contributed by atoms with Crippen LogP contribution < -0.4 is 10.1 Å². The molecule has 0 heterocycles. The molecule has 0 radical (unpaired) electrons. The van der Waals surface area contributed by atoms with Gasteiger partial charge in [-0.25, -0.2) is 0 Å². The molecule has 2 aromatic rings. The number of nitrogens with zero attached hydrogens (tertiary/aromatic N) is 2. The third-order valence-electron chi connectivity index (χ3n) is 4.01. The quantitative estimate of drug-likeness (QED) is 0.856. The first-order valence-electron chi connectivity index (χ1n) is 7.79. The van der Waals surface area contributed by atoms with E-state index in [0.717, 1.165) is 11.3 Å². The van der Waals surface area contributed by atoms with Gasteiger partial charge in [0.25, 0.3) is 0 Å². The smallest absolute Gasteiger partial charge is 0.241 e. The highest BCUT2D eigenvalue weighted by molar-refractivity contribution is 6.30. The van der Waals surface area contributed by atoms with Crippen LogP contribution in [0.25, 0.3) is 0 Å².